The lowest BCUT2D eigenvalue weighted by Crippen LogP contribution is -2.28. The monoisotopic (exact) mass is 777 g/mol. The number of para-hydroxylation sites is 2. The number of hydrogen-bond acceptors (Lipinski definition) is 2. The molecule has 0 saturated heterocycles. The summed E-state index contributed by atoms with van der Waals surface area (Å²) >= 11 is 0. The van der Waals surface area contributed by atoms with E-state index in [4.69, 9.17) is 4.42 Å². The zero-order chi connectivity index (χ0) is 40.3. The molecule has 0 aliphatic heterocycles. The topological polar surface area (TPSA) is 16.4 Å². The lowest BCUT2D eigenvalue weighted by molar-refractivity contribution is 0.672. The number of nitrogens with zero attached hydrogens (tertiary/aromatic N) is 1. The molecule has 286 valence electrons. The van der Waals surface area contributed by atoms with Gasteiger partial charge in [0.1, 0.15) is 11.2 Å². The summed E-state index contributed by atoms with van der Waals surface area (Å²) in [5, 5.41) is 4.54. The molecule has 0 unspecified atom stereocenters. The summed E-state index contributed by atoms with van der Waals surface area (Å²) in [6.45, 7) is 0. The summed E-state index contributed by atoms with van der Waals surface area (Å²) in [4.78, 5) is 2.45. The first kappa shape index (κ1) is 35.0. The fourth-order valence-corrected chi connectivity index (χ4v) is 10.0. The Balaban J connectivity index is 1.08. The molecule has 1 heterocycles. The number of benzene rings is 10. The number of rotatable bonds is 7. The number of hydrogen-bond donors (Lipinski definition) is 0. The maximum absolute atomic E-state index is 6.46. The standard InChI is InChI=1S/C59H39NO/c1-4-16-40(17-5-1)41-28-32-46(33-29-41)60(56-26-14-11-22-48(56)42-30-35-49-43(38-42)31-36-53-52-24-12-15-27-57(52)61-58(49)53)47-34-37-51-50-23-10-13-25-54(50)59(55(51)39-47,44-18-6-2-7-19-44)45-20-8-3-9-21-45/h1-39H. The third-order valence-electron chi connectivity index (χ3n) is 12.7. The zero-order valence-electron chi connectivity index (χ0n) is 33.4. The van der Waals surface area contributed by atoms with Gasteiger partial charge >= 0.3 is 0 Å². The van der Waals surface area contributed by atoms with E-state index in [1.165, 1.54) is 44.5 Å². The van der Waals surface area contributed by atoms with Crippen LogP contribution in [0.4, 0.5) is 17.1 Å². The van der Waals surface area contributed by atoms with Crippen LogP contribution in [-0.4, -0.2) is 0 Å². The largest absolute Gasteiger partial charge is 0.455 e. The molecule has 61 heavy (non-hydrogen) atoms. The molecule has 2 nitrogen and oxygen atoms in total. The Morgan fingerprint density at radius 3 is 1.69 bits per heavy atom. The Labute approximate surface area is 355 Å². The van der Waals surface area contributed by atoms with Crippen LogP contribution in [-0.2, 0) is 5.41 Å². The Bertz CT molecular complexity index is 3360. The van der Waals surface area contributed by atoms with Gasteiger partial charge in [0.2, 0.25) is 0 Å². The van der Waals surface area contributed by atoms with Crippen molar-refractivity contribution in [3.63, 3.8) is 0 Å². The molecule has 10 aromatic carbocycles. The molecule has 0 fully saturated rings. The molecule has 0 radical (unpaired) electrons. The van der Waals surface area contributed by atoms with Crippen LogP contribution in [0.3, 0.4) is 0 Å². The van der Waals surface area contributed by atoms with Gasteiger partial charge in [0.05, 0.1) is 11.1 Å². The summed E-state index contributed by atoms with van der Waals surface area (Å²) in [5.41, 5.74) is 16.8. The first-order chi connectivity index (χ1) is 30.3. The Morgan fingerprint density at radius 2 is 0.918 bits per heavy atom. The van der Waals surface area contributed by atoms with Gasteiger partial charge in [0.25, 0.3) is 0 Å². The van der Waals surface area contributed by atoms with Crippen molar-refractivity contribution in [1.82, 2.24) is 0 Å². The minimum Gasteiger partial charge on any atom is -0.455 e. The molecule has 0 atom stereocenters. The van der Waals surface area contributed by atoms with Gasteiger partial charge in [0, 0.05) is 33.1 Å². The lowest BCUT2D eigenvalue weighted by atomic mass is 9.67. The van der Waals surface area contributed by atoms with Crippen molar-refractivity contribution < 1.29 is 4.42 Å². The smallest absolute Gasteiger partial charge is 0.143 e. The maximum Gasteiger partial charge on any atom is 0.143 e. The number of fused-ring (bicyclic) bond motifs is 8. The highest BCUT2D eigenvalue weighted by atomic mass is 16.3. The van der Waals surface area contributed by atoms with Crippen molar-refractivity contribution in [1.29, 1.82) is 0 Å². The van der Waals surface area contributed by atoms with E-state index in [0.29, 0.717) is 0 Å². The third-order valence-corrected chi connectivity index (χ3v) is 12.7. The SMILES string of the molecule is c1ccc(-c2ccc(N(c3ccc4c(c3)C(c3ccccc3)(c3ccccc3)c3ccccc3-4)c3ccccc3-c3ccc4c(ccc5c6ccccc6oc45)c3)cc2)cc1. The average molecular weight is 778 g/mol. The minimum atomic E-state index is -0.521. The van der Waals surface area contributed by atoms with Crippen LogP contribution in [0.15, 0.2) is 241 Å². The summed E-state index contributed by atoms with van der Waals surface area (Å²) in [5.74, 6) is 0. The Morgan fingerprint density at radius 1 is 0.344 bits per heavy atom. The van der Waals surface area contributed by atoms with Gasteiger partial charge in [-0.1, -0.05) is 182 Å². The van der Waals surface area contributed by atoms with Crippen LogP contribution in [0.1, 0.15) is 22.3 Å². The zero-order valence-corrected chi connectivity index (χ0v) is 33.4. The van der Waals surface area contributed by atoms with E-state index in [1.54, 1.807) is 0 Å². The van der Waals surface area contributed by atoms with Gasteiger partial charge in [-0.3, -0.25) is 0 Å². The summed E-state index contributed by atoms with van der Waals surface area (Å²) < 4.78 is 6.46. The van der Waals surface area contributed by atoms with Gasteiger partial charge in [-0.25, -0.2) is 0 Å². The van der Waals surface area contributed by atoms with E-state index in [9.17, 15) is 0 Å². The highest BCUT2D eigenvalue weighted by Gasteiger charge is 2.46. The third kappa shape index (κ3) is 5.50. The average Bonchev–Trinajstić information content (AvgIpc) is 3.87. The molecule has 0 spiro atoms. The van der Waals surface area contributed by atoms with Crippen molar-refractivity contribution in [3.8, 4) is 33.4 Å². The van der Waals surface area contributed by atoms with Crippen LogP contribution in [0.2, 0.25) is 0 Å². The highest BCUT2D eigenvalue weighted by Crippen LogP contribution is 2.57. The summed E-state index contributed by atoms with van der Waals surface area (Å²) in [6, 6.07) is 86.1. The Kier molecular flexibility index (Phi) is 8.11. The molecule has 1 aliphatic rings. The molecule has 11 aromatic rings. The molecule has 0 saturated carbocycles. The quantitative estimate of drug-likeness (QED) is 0.160. The lowest BCUT2D eigenvalue weighted by Gasteiger charge is -2.35. The van der Waals surface area contributed by atoms with Gasteiger partial charge in [-0.15, -0.1) is 0 Å². The molecule has 2 heteroatoms. The van der Waals surface area contributed by atoms with Gasteiger partial charge in [0.15, 0.2) is 0 Å². The molecule has 12 rings (SSSR count). The van der Waals surface area contributed by atoms with Crippen molar-refractivity contribution in [2.75, 3.05) is 4.90 Å². The molecular formula is C59H39NO. The molecule has 0 bridgehead atoms. The van der Waals surface area contributed by atoms with E-state index in [0.717, 1.165) is 60.9 Å². The highest BCUT2D eigenvalue weighted by molar-refractivity contribution is 6.15. The molecule has 0 N–H and O–H groups in total. The second kappa shape index (κ2) is 14.1. The van der Waals surface area contributed by atoms with Gasteiger partial charge in [-0.2, -0.15) is 0 Å². The van der Waals surface area contributed by atoms with E-state index < -0.39 is 5.41 Å². The van der Waals surface area contributed by atoms with E-state index in [2.05, 4.69) is 229 Å². The second-order valence-corrected chi connectivity index (χ2v) is 16.0. The van der Waals surface area contributed by atoms with Crippen LogP contribution in [0.5, 0.6) is 0 Å². The fraction of sp³-hybridized carbons (Fsp3) is 0.0169. The number of anilines is 3. The summed E-state index contributed by atoms with van der Waals surface area (Å²) in [7, 11) is 0. The van der Waals surface area contributed by atoms with E-state index in [-0.39, 0.29) is 0 Å². The molecular weight excluding hydrogens is 739 g/mol. The Hall–Kier alpha value is -7.94. The predicted octanol–water partition coefficient (Wildman–Crippen LogP) is 15.9. The normalized spacial score (nSPS) is 12.7. The fourth-order valence-electron chi connectivity index (χ4n) is 10.0. The van der Waals surface area contributed by atoms with Crippen molar-refractivity contribution in [3.05, 3.63) is 259 Å². The first-order valence-corrected chi connectivity index (χ1v) is 21.0. The van der Waals surface area contributed by atoms with Crippen molar-refractivity contribution in [2.24, 2.45) is 0 Å². The minimum absolute atomic E-state index is 0.521. The van der Waals surface area contributed by atoms with Crippen LogP contribution in [0, 0.1) is 0 Å². The van der Waals surface area contributed by atoms with Crippen LogP contribution >= 0.6 is 0 Å². The molecule has 1 aromatic heterocycles. The first-order valence-electron chi connectivity index (χ1n) is 21.0. The van der Waals surface area contributed by atoms with Gasteiger partial charge in [-0.05, 0) is 110 Å². The van der Waals surface area contributed by atoms with Crippen LogP contribution < -0.4 is 4.90 Å². The van der Waals surface area contributed by atoms with E-state index >= 15 is 0 Å². The van der Waals surface area contributed by atoms with Crippen molar-refractivity contribution >= 4 is 49.8 Å². The molecule has 0 amide bonds. The molecule has 1 aliphatic carbocycles. The van der Waals surface area contributed by atoms with E-state index in [1.807, 2.05) is 12.1 Å². The van der Waals surface area contributed by atoms with Gasteiger partial charge < -0.3 is 9.32 Å². The predicted molar refractivity (Wildman–Crippen MR) is 254 cm³/mol. The van der Waals surface area contributed by atoms with Crippen molar-refractivity contribution in [2.45, 2.75) is 5.41 Å². The van der Waals surface area contributed by atoms with Crippen LogP contribution in [0.25, 0.3) is 66.1 Å². The second-order valence-electron chi connectivity index (χ2n) is 16.0. The number of furan rings is 1. The maximum atomic E-state index is 6.46. The summed E-state index contributed by atoms with van der Waals surface area (Å²) in [6.07, 6.45) is 0.